The van der Waals surface area contributed by atoms with Gasteiger partial charge in [0.05, 0.1) is 16.4 Å². The maximum absolute atomic E-state index is 2.55. The highest BCUT2D eigenvalue weighted by Crippen LogP contribution is 2.63. The van der Waals surface area contributed by atoms with Gasteiger partial charge in [-0.25, -0.2) is 0 Å². The summed E-state index contributed by atoms with van der Waals surface area (Å²) in [5.74, 6) is 0. The number of rotatable bonds is 2. The van der Waals surface area contributed by atoms with Gasteiger partial charge in [-0.15, -0.1) is 0 Å². The first-order chi connectivity index (χ1) is 27.8. The fraction of sp³-hybridized carbons (Fsp3) is 0.0182. The number of hydrogen-bond acceptors (Lipinski definition) is 0. The standard InChI is InChI=1S/C55H33N/c1-3-15-39-37(13-1)38-14-2-4-16-40(38)46-33-52-48(32-45(39)46)42-18-6-10-22-50(42)55(52)49-21-9-5-17-41(49)47-31-35(27-30-51(47)55)34-25-28-36(29-26-34)56-53-23-11-7-19-43(53)44-20-8-12-24-54(44)56/h1-33H. The van der Waals surface area contributed by atoms with Gasteiger partial charge in [-0.05, 0) is 130 Å². The van der Waals surface area contributed by atoms with E-state index in [0.29, 0.717) is 0 Å². The number of aromatic nitrogens is 1. The highest BCUT2D eigenvalue weighted by atomic mass is 15.0. The lowest BCUT2D eigenvalue weighted by atomic mass is 9.70. The Bertz CT molecular complexity index is 3420. The van der Waals surface area contributed by atoms with Crippen molar-refractivity contribution < 1.29 is 0 Å². The van der Waals surface area contributed by atoms with Crippen LogP contribution >= 0.6 is 0 Å². The average molecular weight is 708 g/mol. The minimum atomic E-state index is -0.419. The van der Waals surface area contributed by atoms with Crippen LogP contribution in [0.15, 0.2) is 200 Å². The van der Waals surface area contributed by atoms with E-state index in [0.717, 1.165) is 0 Å². The first-order valence-electron chi connectivity index (χ1n) is 19.6. The first-order valence-corrected chi connectivity index (χ1v) is 19.6. The molecule has 0 amide bonds. The fourth-order valence-corrected chi connectivity index (χ4v) is 10.7. The summed E-state index contributed by atoms with van der Waals surface area (Å²) >= 11 is 0. The van der Waals surface area contributed by atoms with Crippen molar-refractivity contribution in [2.75, 3.05) is 0 Å². The fourth-order valence-electron chi connectivity index (χ4n) is 10.7. The van der Waals surface area contributed by atoms with Gasteiger partial charge in [0, 0.05) is 16.5 Å². The van der Waals surface area contributed by atoms with E-state index in [-0.39, 0.29) is 0 Å². The summed E-state index contributed by atoms with van der Waals surface area (Å²) in [5.41, 5.74) is 16.4. The molecule has 13 rings (SSSR count). The molecule has 0 saturated carbocycles. The minimum Gasteiger partial charge on any atom is -0.309 e. The van der Waals surface area contributed by atoms with Crippen molar-refractivity contribution in [3.8, 4) is 39.1 Å². The predicted octanol–water partition coefficient (Wildman–Crippen LogP) is 14.3. The molecule has 1 heteroatoms. The van der Waals surface area contributed by atoms with Crippen LogP contribution in [0.1, 0.15) is 22.3 Å². The quantitative estimate of drug-likeness (QED) is 0.158. The molecule has 0 N–H and O–H groups in total. The van der Waals surface area contributed by atoms with Gasteiger partial charge in [-0.1, -0.05) is 158 Å². The van der Waals surface area contributed by atoms with Crippen LogP contribution in [-0.2, 0) is 5.41 Å². The molecule has 1 unspecified atom stereocenters. The molecule has 1 atom stereocenters. The maximum Gasteiger partial charge on any atom is 0.0725 e. The molecule has 258 valence electrons. The van der Waals surface area contributed by atoms with Gasteiger partial charge in [-0.2, -0.15) is 0 Å². The van der Waals surface area contributed by atoms with Gasteiger partial charge in [0.25, 0.3) is 0 Å². The molecule has 11 aromatic rings. The number of benzene rings is 10. The topological polar surface area (TPSA) is 4.93 Å². The lowest BCUT2D eigenvalue weighted by molar-refractivity contribution is 0.795. The molecule has 1 spiro atoms. The van der Waals surface area contributed by atoms with Gasteiger partial charge in [-0.3, -0.25) is 0 Å². The third-order valence-electron chi connectivity index (χ3n) is 13.0. The Morgan fingerprint density at radius 2 is 0.696 bits per heavy atom. The van der Waals surface area contributed by atoms with Gasteiger partial charge in [0.2, 0.25) is 0 Å². The number of hydrogen-bond donors (Lipinski definition) is 0. The molecule has 10 aromatic carbocycles. The van der Waals surface area contributed by atoms with Gasteiger partial charge < -0.3 is 4.57 Å². The summed E-state index contributed by atoms with van der Waals surface area (Å²) in [6, 6.07) is 75.0. The van der Waals surface area contributed by atoms with Crippen LogP contribution in [0.2, 0.25) is 0 Å². The third-order valence-corrected chi connectivity index (χ3v) is 13.0. The average Bonchev–Trinajstić information content (AvgIpc) is 3.87. The molecule has 0 saturated heterocycles. The van der Waals surface area contributed by atoms with E-state index >= 15 is 0 Å². The number of para-hydroxylation sites is 2. The van der Waals surface area contributed by atoms with Crippen molar-refractivity contribution in [2.24, 2.45) is 0 Å². The first kappa shape index (κ1) is 30.1. The van der Waals surface area contributed by atoms with Crippen molar-refractivity contribution in [1.82, 2.24) is 4.57 Å². The molecule has 0 radical (unpaired) electrons. The van der Waals surface area contributed by atoms with Gasteiger partial charge in [0.15, 0.2) is 0 Å². The van der Waals surface area contributed by atoms with E-state index in [9.17, 15) is 0 Å². The molecule has 56 heavy (non-hydrogen) atoms. The van der Waals surface area contributed by atoms with Crippen molar-refractivity contribution in [2.45, 2.75) is 5.41 Å². The van der Waals surface area contributed by atoms with Gasteiger partial charge in [0.1, 0.15) is 0 Å². The van der Waals surface area contributed by atoms with E-state index in [1.165, 1.54) is 115 Å². The largest absolute Gasteiger partial charge is 0.309 e. The lowest BCUT2D eigenvalue weighted by Gasteiger charge is -2.31. The van der Waals surface area contributed by atoms with Crippen molar-refractivity contribution in [1.29, 1.82) is 0 Å². The van der Waals surface area contributed by atoms with E-state index < -0.39 is 5.41 Å². The molecular weight excluding hydrogens is 675 g/mol. The van der Waals surface area contributed by atoms with E-state index in [4.69, 9.17) is 0 Å². The maximum atomic E-state index is 2.55. The smallest absolute Gasteiger partial charge is 0.0725 e. The second-order valence-electron chi connectivity index (χ2n) is 15.6. The van der Waals surface area contributed by atoms with E-state index in [2.05, 4.69) is 205 Å². The zero-order valence-electron chi connectivity index (χ0n) is 30.5. The molecule has 2 aliphatic rings. The zero-order chi connectivity index (χ0) is 36.5. The van der Waals surface area contributed by atoms with Crippen molar-refractivity contribution in [3.05, 3.63) is 222 Å². The van der Waals surface area contributed by atoms with Crippen LogP contribution in [0.4, 0.5) is 0 Å². The van der Waals surface area contributed by atoms with E-state index in [1.54, 1.807) is 0 Å². The summed E-state index contributed by atoms with van der Waals surface area (Å²) in [6.45, 7) is 0. The van der Waals surface area contributed by atoms with Crippen LogP contribution in [-0.4, -0.2) is 4.57 Å². The van der Waals surface area contributed by atoms with Crippen molar-refractivity contribution >= 4 is 54.1 Å². The predicted molar refractivity (Wildman–Crippen MR) is 235 cm³/mol. The summed E-state index contributed by atoms with van der Waals surface area (Å²) in [5, 5.41) is 10.4. The molecule has 1 nitrogen and oxygen atoms in total. The molecule has 2 aliphatic carbocycles. The molecule has 0 bridgehead atoms. The normalized spacial score (nSPS) is 15.2. The second-order valence-corrected chi connectivity index (χ2v) is 15.6. The van der Waals surface area contributed by atoms with Crippen LogP contribution in [0.5, 0.6) is 0 Å². The zero-order valence-corrected chi connectivity index (χ0v) is 30.5. The molecular formula is C55H33N. The Labute approximate surface area is 324 Å². The Kier molecular flexibility index (Phi) is 5.89. The van der Waals surface area contributed by atoms with Crippen LogP contribution in [0, 0.1) is 0 Å². The Morgan fingerprint density at radius 1 is 0.268 bits per heavy atom. The van der Waals surface area contributed by atoms with Gasteiger partial charge >= 0.3 is 0 Å². The molecule has 1 aromatic heterocycles. The minimum absolute atomic E-state index is 0.419. The lowest BCUT2D eigenvalue weighted by Crippen LogP contribution is -2.25. The Morgan fingerprint density at radius 3 is 1.29 bits per heavy atom. The second kappa shape index (κ2) is 10.9. The number of fused-ring (bicyclic) bond motifs is 19. The highest BCUT2D eigenvalue weighted by Gasteiger charge is 2.51. The molecule has 1 heterocycles. The summed E-state index contributed by atoms with van der Waals surface area (Å²) < 4.78 is 2.39. The third kappa shape index (κ3) is 3.75. The van der Waals surface area contributed by atoms with E-state index in [1.807, 2.05) is 0 Å². The number of nitrogens with zero attached hydrogens (tertiary/aromatic N) is 1. The van der Waals surface area contributed by atoms with Crippen LogP contribution in [0.25, 0.3) is 93.2 Å². The Balaban J connectivity index is 1.03. The molecule has 0 fully saturated rings. The summed E-state index contributed by atoms with van der Waals surface area (Å²) in [7, 11) is 0. The summed E-state index contributed by atoms with van der Waals surface area (Å²) in [6.07, 6.45) is 0. The highest BCUT2D eigenvalue weighted by molar-refractivity contribution is 6.26. The van der Waals surface area contributed by atoms with Crippen LogP contribution < -0.4 is 0 Å². The summed E-state index contributed by atoms with van der Waals surface area (Å²) in [4.78, 5) is 0. The Hall–Kier alpha value is -7.22. The van der Waals surface area contributed by atoms with Crippen LogP contribution in [0.3, 0.4) is 0 Å². The van der Waals surface area contributed by atoms with Crippen molar-refractivity contribution in [3.63, 3.8) is 0 Å². The molecule has 0 aliphatic heterocycles. The monoisotopic (exact) mass is 707 g/mol. The SMILES string of the molecule is c1ccc2c(c1)-c1cc(-c3ccc(-n4c5ccccc5c5ccccc54)cc3)ccc1C21c2ccccc2-c2cc3c4ccccc4c4ccccc4c3cc21.